The SMILES string of the molecule is N#Cc1ccccc1Oc1ccc(-c2cn(C3CCOCC3)c3ncnc(N)c23)cc1. The second-order valence-corrected chi connectivity index (χ2v) is 7.49. The van der Waals surface area contributed by atoms with Gasteiger partial charge in [0.2, 0.25) is 0 Å². The van der Waals surface area contributed by atoms with Gasteiger partial charge in [0.25, 0.3) is 0 Å². The molecule has 3 heterocycles. The van der Waals surface area contributed by atoms with Gasteiger partial charge in [0.05, 0.1) is 10.9 Å². The molecule has 31 heavy (non-hydrogen) atoms. The second kappa shape index (κ2) is 8.09. The van der Waals surface area contributed by atoms with Crippen LogP contribution in [0.15, 0.2) is 61.1 Å². The molecule has 5 rings (SSSR count). The number of nitrogens with two attached hydrogens (primary N) is 1. The summed E-state index contributed by atoms with van der Waals surface area (Å²) >= 11 is 0. The fraction of sp³-hybridized carbons (Fsp3) is 0.208. The van der Waals surface area contributed by atoms with Crippen LogP contribution in [-0.2, 0) is 4.74 Å². The number of nitrogens with zero attached hydrogens (tertiary/aromatic N) is 4. The van der Waals surface area contributed by atoms with Crippen molar-refractivity contribution in [3.63, 3.8) is 0 Å². The fourth-order valence-electron chi connectivity index (χ4n) is 4.05. The van der Waals surface area contributed by atoms with Crippen molar-refractivity contribution in [3.05, 3.63) is 66.6 Å². The molecule has 1 aliphatic heterocycles. The molecule has 7 heteroatoms. The number of para-hydroxylation sites is 1. The highest BCUT2D eigenvalue weighted by molar-refractivity contribution is 6.00. The van der Waals surface area contributed by atoms with Crippen LogP contribution in [0.2, 0.25) is 0 Å². The van der Waals surface area contributed by atoms with Crippen LogP contribution in [0.3, 0.4) is 0 Å². The molecule has 1 saturated heterocycles. The number of nitriles is 1. The standard InChI is InChI=1S/C24H21N5O2/c25-13-17-3-1-2-4-21(17)31-19-7-5-16(6-8-19)20-14-29(18-9-11-30-12-10-18)24-22(20)23(26)27-15-28-24/h1-8,14-15,18H,9-12H2,(H2,26,27,28). The summed E-state index contributed by atoms with van der Waals surface area (Å²) in [6, 6.07) is 17.4. The van der Waals surface area contributed by atoms with Gasteiger partial charge in [0.15, 0.2) is 0 Å². The molecule has 7 nitrogen and oxygen atoms in total. The van der Waals surface area contributed by atoms with Crippen molar-refractivity contribution in [2.45, 2.75) is 18.9 Å². The van der Waals surface area contributed by atoms with Crippen LogP contribution in [-0.4, -0.2) is 27.7 Å². The van der Waals surface area contributed by atoms with Gasteiger partial charge in [-0.05, 0) is 42.7 Å². The number of hydrogen-bond acceptors (Lipinski definition) is 6. The third kappa shape index (κ3) is 3.58. The van der Waals surface area contributed by atoms with Gasteiger partial charge in [-0.2, -0.15) is 5.26 Å². The zero-order chi connectivity index (χ0) is 21.2. The zero-order valence-electron chi connectivity index (χ0n) is 16.9. The summed E-state index contributed by atoms with van der Waals surface area (Å²) in [5.41, 5.74) is 9.59. The highest BCUT2D eigenvalue weighted by Crippen LogP contribution is 2.37. The number of rotatable bonds is 4. The van der Waals surface area contributed by atoms with Crippen LogP contribution >= 0.6 is 0 Å². The molecular formula is C24H21N5O2. The molecule has 0 saturated carbocycles. The molecule has 0 bridgehead atoms. The van der Waals surface area contributed by atoms with E-state index in [4.69, 9.17) is 15.2 Å². The molecule has 0 radical (unpaired) electrons. The van der Waals surface area contributed by atoms with Gasteiger partial charge in [0.1, 0.15) is 35.4 Å². The molecule has 4 aromatic rings. The van der Waals surface area contributed by atoms with Crippen molar-refractivity contribution in [3.8, 4) is 28.7 Å². The van der Waals surface area contributed by atoms with Crippen molar-refractivity contribution in [1.82, 2.24) is 14.5 Å². The third-order valence-electron chi connectivity index (χ3n) is 5.62. The van der Waals surface area contributed by atoms with Crippen molar-refractivity contribution in [2.75, 3.05) is 18.9 Å². The maximum absolute atomic E-state index is 9.26. The first-order valence-electron chi connectivity index (χ1n) is 10.2. The van der Waals surface area contributed by atoms with Crippen LogP contribution in [0.1, 0.15) is 24.4 Å². The monoisotopic (exact) mass is 411 g/mol. The summed E-state index contributed by atoms with van der Waals surface area (Å²) in [6.45, 7) is 1.49. The molecule has 1 aliphatic rings. The molecule has 1 fully saturated rings. The molecule has 2 aromatic carbocycles. The Hall–Kier alpha value is -3.89. The van der Waals surface area contributed by atoms with E-state index in [1.54, 1.807) is 12.1 Å². The minimum Gasteiger partial charge on any atom is -0.456 e. The Bertz CT molecular complexity index is 1270. The van der Waals surface area contributed by atoms with Gasteiger partial charge in [0, 0.05) is 31.0 Å². The molecule has 0 aliphatic carbocycles. The lowest BCUT2D eigenvalue weighted by Crippen LogP contribution is -2.19. The summed E-state index contributed by atoms with van der Waals surface area (Å²) in [5.74, 6) is 1.66. The Balaban J connectivity index is 1.51. The lowest BCUT2D eigenvalue weighted by molar-refractivity contribution is 0.0706. The average molecular weight is 411 g/mol. The lowest BCUT2D eigenvalue weighted by atomic mass is 10.1. The number of ether oxygens (including phenoxy) is 2. The van der Waals surface area contributed by atoms with Crippen molar-refractivity contribution in [1.29, 1.82) is 5.26 Å². The quantitative estimate of drug-likeness (QED) is 0.523. The van der Waals surface area contributed by atoms with Crippen LogP contribution in [0.4, 0.5) is 5.82 Å². The molecule has 0 spiro atoms. The van der Waals surface area contributed by atoms with E-state index >= 15 is 0 Å². The van der Waals surface area contributed by atoms with Gasteiger partial charge in [-0.3, -0.25) is 0 Å². The third-order valence-corrected chi connectivity index (χ3v) is 5.62. The number of fused-ring (bicyclic) bond motifs is 1. The van der Waals surface area contributed by atoms with Crippen LogP contribution in [0.5, 0.6) is 11.5 Å². The van der Waals surface area contributed by atoms with Crippen molar-refractivity contribution in [2.24, 2.45) is 0 Å². The van der Waals surface area contributed by atoms with E-state index in [2.05, 4.69) is 26.8 Å². The van der Waals surface area contributed by atoms with Crippen LogP contribution in [0.25, 0.3) is 22.2 Å². The minimum atomic E-state index is 0.324. The van der Waals surface area contributed by atoms with E-state index in [1.165, 1.54) is 6.33 Å². The Morgan fingerprint density at radius 1 is 1.06 bits per heavy atom. The minimum absolute atomic E-state index is 0.324. The van der Waals surface area contributed by atoms with E-state index in [1.807, 2.05) is 36.4 Å². The lowest BCUT2D eigenvalue weighted by Gasteiger charge is -2.24. The summed E-state index contributed by atoms with van der Waals surface area (Å²) in [7, 11) is 0. The largest absolute Gasteiger partial charge is 0.456 e. The van der Waals surface area contributed by atoms with Crippen molar-refractivity contribution >= 4 is 16.9 Å². The van der Waals surface area contributed by atoms with Crippen LogP contribution in [0, 0.1) is 11.3 Å². The molecule has 2 N–H and O–H groups in total. The predicted octanol–water partition coefficient (Wildman–Crippen LogP) is 4.70. The Kier molecular flexibility index (Phi) is 4.98. The first kappa shape index (κ1) is 19.1. The summed E-state index contributed by atoms with van der Waals surface area (Å²) in [5, 5.41) is 10.1. The molecule has 0 unspecified atom stereocenters. The fourth-order valence-corrected chi connectivity index (χ4v) is 4.05. The highest BCUT2D eigenvalue weighted by Gasteiger charge is 2.22. The maximum Gasteiger partial charge on any atom is 0.146 e. The molecule has 154 valence electrons. The first-order valence-corrected chi connectivity index (χ1v) is 10.2. The van der Waals surface area contributed by atoms with Crippen molar-refractivity contribution < 1.29 is 9.47 Å². The summed E-state index contributed by atoms with van der Waals surface area (Å²) < 4.78 is 13.6. The highest BCUT2D eigenvalue weighted by atomic mass is 16.5. The van der Waals surface area contributed by atoms with E-state index in [0.29, 0.717) is 28.9 Å². The number of benzene rings is 2. The van der Waals surface area contributed by atoms with Gasteiger partial charge in [-0.15, -0.1) is 0 Å². The van der Waals surface area contributed by atoms with Gasteiger partial charge in [-0.25, -0.2) is 9.97 Å². The number of hydrogen-bond donors (Lipinski definition) is 1. The van der Waals surface area contributed by atoms with E-state index in [9.17, 15) is 5.26 Å². The molecule has 0 atom stereocenters. The topological polar surface area (TPSA) is 99.0 Å². The van der Waals surface area contributed by atoms with E-state index in [-0.39, 0.29) is 0 Å². The molecule has 0 amide bonds. The normalized spacial score (nSPS) is 14.4. The molecular weight excluding hydrogens is 390 g/mol. The van der Waals surface area contributed by atoms with Crippen LogP contribution < -0.4 is 10.5 Å². The number of anilines is 1. The van der Waals surface area contributed by atoms with Gasteiger partial charge in [-0.1, -0.05) is 24.3 Å². The Morgan fingerprint density at radius 2 is 1.84 bits per heavy atom. The zero-order valence-corrected chi connectivity index (χ0v) is 16.9. The first-order chi connectivity index (χ1) is 15.2. The average Bonchev–Trinajstić information content (AvgIpc) is 3.22. The Labute approximate surface area is 179 Å². The molecule has 2 aromatic heterocycles. The summed E-state index contributed by atoms with van der Waals surface area (Å²) in [4.78, 5) is 8.75. The maximum atomic E-state index is 9.26. The smallest absolute Gasteiger partial charge is 0.146 e. The van der Waals surface area contributed by atoms with Gasteiger partial charge >= 0.3 is 0 Å². The van der Waals surface area contributed by atoms with E-state index < -0.39 is 0 Å². The van der Waals surface area contributed by atoms with Gasteiger partial charge < -0.3 is 19.8 Å². The Morgan fingerprint density at radius 3 is 2.61 bits per heavy atom. The second-order valence-electron chi connectivity index (χ2n) is 7.49. The number of aromatic nitrogens is 3. The van der Waals surface area contributed by atoms with E-state index in [0.717, 1.165) is 48.2 Å². The number of nitrogen functional groups attached to an aromatic ring is 1. The predicted molar refractivity (Wildman–Crippen MR) is 118 cm³/mol. The summed E-state index contributed by atoms with van der Waals surface area (Å²) in [6.07, 6.45) is 5.52.